The monoisotopic (exact) mass is 795 g/mol. The summed E-state index contributed by atoms with van der Waals surface area (Å²) >= 11 is 0. The third-order valence-corrected chi connectivity index (χ3v) is 11.0. The largest absolute Gasteiger partial charge is 0.377 e. The highest BCUT2D eigenvalue weighted by molar-refractivity contribution is 7.86. The van der Waals surface area contributed by atoms with Gasteiger partial charge in [0.1, 0.15) is 0 Å². The maximum atomic E-state index is 12.1. The molecule has 13 heteroatoms. The SMILES string of the molecule is CCC(C)c1ccc(C(=O)NCCOCCOC2CCN(C(C)=O)C2)cc1.CCC(C)c1ccc(C(=O)NCCOCCOS(=O)(=O)c2ccc(C)cc2)cc1. The second-order valence-corrected chi connectivity index (χ2v) is 15.6. The zero-order valence-electron chi connectivity index (χ0n) is 33.9. The first kappa shape index (κ1) is 46.2. The van der Waals surface area contributed by atoms with E-state index in [4.69, 9.17) is 18.4 Å². The van der Waals surface area contributed by atoms with Crippen molar-refractivity contribution in [1.29, 1.82) is 0 Å². The Morgan fingerprint density at radius 1 is 0.714 bits per heavy atom. The molecule has 1 saturated heterocycles. The van der Waals surface area contributed by atoms with Gasteiger partial charge in [0.25, 0.3) is 21.9 Å². The molecule has 0 aliphatic carbocycles. The first-order valence-corrected chi connectivity index (χ1v) is 21.0. The first-order chi connectivity index (χ1) is 26.8. The summed E-state index contributed by atoms with van der Waals surface area (Å²) in [6.45, 7) is 16.1. The Morgan fingerprint density at radius 2 is 1.20 bits per heavy atom. The van der Waals surface area contributed by atoms with E-state index >= 15 is 0 Å². The van der Waals surface area contributed by atoms with Crippen LogP contribution < -0.4 is 10.6 Å². The van der Waals surface area contributed by atoms with Crippen LogP contribution in [0, 0.1) is 6.92 Å². The average Bonchev–Trinajstić information content (AvgIpc) is 3.69. The van der Waals surface area contributed by atoms with E-state index in [1.165, 1.54) is 23.3 Å². The predicted octanol–water partition coefficient (Wildman–Crippen LogP) is 6.24. The summed E-state index contributed by atoms with van der Waals surface area (Å²) in [7, 11) is -3.78. The van der Waals surface area contributed by atoms with Crippen LogP contribution in [0.5, 0.6) is 0 Å². The van der Waals surface area contributed by atoms with Crippen LogP contribution in [-0.2, 0) is 33.3 Å². The number of carbonyl (C=O) groups excluding carboxylic acids is 3. The standard InChI is InChI=1S/C22H29NO5S.C21H32N2O4/c1-4-18(3)19-7-9-20(10-8-19)22(24)23-13-14-27-15-16-28-29(25,26)21-11-5-17(2)6-12-21;1-4-16(2)18-5-7-19(8-6-18)21(25)22-10-12-26-13-14-27-20-9-11-23(15-20)17(3)24/h5-12,18H,4,13-16H2,1-3H3,(H,23,24);5-8,16,20H,4,9-15H2,1-3H3,(H,22,25). The highest BCUT2D eigenvalue weighted by Gasteiger charge is 2.24. The molecule has 1 aliphatic rings. The Bertz CT molecular complexity index is 1730. The quantitative estimate of drug-likeness (QED) is 0.0944. The highest BCUT2D eigenvalue weighted by Crippen LogP contribution is 2.20. The Morgan fingerprint density at radius 3 is 1.64 bits per heavy atom. The van der Waals surface area contributed by atoms with Crippen molar-refractivity contribution >= 4 is 27.8 Å². The number of nitrogens with one attached hydrogen (secondary N) is 2. The molecule has 4 rings (SSSR count). The molecule has 56 heavy (non-hydrogen) atoms. The van der Waals surface area contributed by atoms with E-state index in [9.17, 15) is 22.8 Å². The molecule has 1 fully saturated rings. The van der Waals surface area contributed by atoms with Gasteiger partial charge in [0.05, 0.1) is 50.6 Å². The minimum absolute atomic E-state index is 0.0821. The van der Waals surface area contributed by atoms with Crippen LogP contribution in [0.4, 0.5) is 0 Å². The van der Waals surface area contributed by atoms with Crippen molar-refractivity contribution in [3.8, 4) is 0 Å². The van der Waals surface area contributed by atoms with Gasteiger partial charge in [-0.3, -0.25) is 18.6 Å². The lowest BCUT2D eigenvalue weighted by Gasteiger charge is -2.14. The molecule has 0 saturated carbocycles. The number of nitrogens with zero attached hydrogens (tertiary/aromatic N) is 1. The van der Waals surface area contributed by atoms with E-state index in [1.54, 1.807) is 24.0 Å². The minimum atomic E-state index is -3.78. The number of aryl methyl sites for hydroxylation is 1. The number of rotatable bonds is 21. The smallest absolute Gasteiger partial charge is 0.297 e. The molecule has 0 bridgehead atoms. The summed E-state index contributed by atoms with van der Waals surface area (Å²) in [5.41, 5.74) is 4.71. The van der Waals surface area contributed by atoms with E-state index < -0.39 is 10.1 Å². The van der Waals surface area contributed by atoms with Gasteiger partial charge in [0.2, 0.25) is 5.91 Å². The van der Waals surface area contributed by atoms with Crippen LogP contribution in [0.25, 0.3) is 0 Å². The van der Waals surface area contributed by atoms with E-state index in [1.807, 2.05) is 55.5 Å². The summed E-state index contributed by atoms with van der Waals surface area (Å²) in [5, 5.41) is 5.64. The molecule has 2 N–H and O–H groups in total. The normalized spacial score (nSPS) is 15.0. The maximum absolute atomic E-state index is 12.1. The Hall–Kier alpha value is -4.14. The van der Waals surface area contributed by atoms with Gasteiger partial charge < -0.3 is 29.7 Å². The fourth-order valence-corrected chi connectivity index (χ4v) is 6.57. The Labute approximate surface area is 333 Å². The van der Waals surface area contributed by atoms with Gasteiger partial charge in [-0.05, 0) is 85.5 Å². The van der Waals surface area contributed by atoms with Gasteiger partial charge in [-0.2, -0.15) is 8.42 Å². The minimum Gasteiger partial charge on any atom is -0.377 e. The maximum Gasteiger partial charge on any atom is 0.297 e. The molecule has 3 aromatic carbocycles. The molecule has 3 amide bonds. The summed E-state index contributed by atoms with van der Waals surface area (Å²) in [6, 6.07) is 21.8. The second-order valence-electron chi connectivity index (χ2n) is 13.9. The van der Waals surface area contributed by atoms with Crippen LogP contribution in [0.1, 0.15) is 103 Å². The van der Waals surface area contributed by atoms with Crippen LogP contribution >= 0.6 is 0 Å². The molecule has 1 heterocycles. The van der Waals surface area contributed by atoms with Gasteiger partial charge in [-0.1, -0.05) is 69.7 Å². The van der Waals surface area contributed by atoms with Gasteiger partial charge in [-0.15, -0.1) is 0 Å². The molecule has 0 aromatic heterocycles. The fraction of sp³-hybridized carbons (Fsp3) is 0.512. The molecule has 3 unspecified atom stereocenters. The van der Waals surface area contributed by atoms with E-state index in [0.717, 1.165) is 31.4 Å². The lowest BCUT2D eigenvalue weighted by Crippen LogP contribution is -2.29. The number of hydrogen-bond acceptors (Lipinski definition) is 9. The summed E-state index contributed by atoms with van der Waals surface area (Å²) in [5.74, 6) is 0.830. The number of amides is 3. The first-order valence-electron chi connectivity index (χ1n) is 19.6. The molecule has 3 atom stereocenters. The number of hydrogen-bond donors (Lipinski definition) is 2. The number of carbonyl (C=O) groups is 3. The molecule has 3 aromatic rings. The van der Waals surface area contributed by atoms with Gasteiger partial charge >= 0.3 is 0 Å². The molecular formula is C43H61N3O9S. The number of ether oxygens (including phenoxy) is 3. The molecule has 0 spiro atoms. The van der Waals surface area contributed by atoms with Crippen molar-refractivity contribution in [3.63, 3.8) is 0 Å². The zero-order valence-corrected chi connectivity index (χ0v) is 34.7. The van der Waals surface area contributed by atoms with Crippen LogP contribution in [0.2, 0.25) is 0 Å². The van der Waals surface area contributed by atoms with Crippen molar-refractivity contribution in [1.82, 2.24) is 15.5 Å². The zero-order chi connectivity index (χ0) is 40.9. The van der Waals surface area contributed by atoms with Crippen molar-refractivity contribution in [2.75, 3.05) is 65.8 Å². The third-order valence-electron chi connectivity index (χ3n) is 9.72. The van der Waals surface area contributed by atoms with Crippen LogP contribution in [0.3, 0.4) is 0 Å². The van der Waals surface area contributed by atoms with Gasteiger partial charge in [0.15, 0.2) is 0 Å². The lowest BCUT2D eigenvalue weighted by atomic mass is 9.97. The van der Waals surface area contributed by atoms with Crippen molar-refractivity contribution < 1.29 is 41.2 Å². The van der Waals surface area contributed by atoms with Crippen molar-refractivity contribution in [3.05, 3.63) is 101 Å². The Balaban J connectivity index is 0.000000301. The summed E-state index contributed by atoms with van der Waals surface area (Å²) < 4.78 is 45.6. The van der Waals surface area contributed by atoms with Crippen molar-refractivity contribution in [2.24, 2.45) is 0 Å². The molecule has 1 aliphatic heterocycles. The second kappa shape index (κ2) is 24.5. The summed E-state index contributed by atoms with van der Waals surface area (Å²) in [6.07, 6.45) is 3.13. The molecule has 308 valence electrons. The lowest BCUT2D eigenvalue weighted by molar-refractivity contribution is -0.128. The average molecular weight is 796 g/mol. The molecule has 12 nitrogen and oxygen atoms in total. The number of benzene rings is 3. The van der Waals surface area contributed by atoms with E-state index in [0.29, 0.717) is 62.4 Å². The van der Waals surface area contributed by atoms with Crippen LogP contribution in [-0.4, -0.2) is 103 Å². The Kier molecular flexibility index (Phi) is 20.2. The van der Waals surface area contributed by atoms with E-state index in [2.05, 4.69) is 38.3 Å². The highest BCUT2D eigenvalue weighted by atomic mass is 32.2. The van der Waals surface area contributed by atoms with Gasteiger partial charge in [0, 0.05) is 44.2 Å². The summed E-state index contributed by atoms with van der Waals surface area (Å²) in [4.78, 5) is 37.4. The topological polar surface area (TPSA) is 150 Å². The van der Waals surface area contributed by atoms with E-state index in [-0.39, 0.29) is 48.5 Å². The molecule has 0 radical (unpaired) electrons. The van der Waals surface area contributed by atoms with Crippen LogP contribution in [0.15, 0.2) is 77.7 Å². The third kappa shape index (κ3) is 16.1. The molecular weight excluding hydrogens is 735 g/mol. The van der Waals surface area contributed by atoms with Crippen molar-refractivity contribution in [2.45, 2.75) is 83.6 Å². The van der Waals surface area contributed by atoms with Gasteiger partial charge in [-0.25, -0.2) is 0 Å². The fourth-order valence-electron chi connectivity index (χ4n) is 5.68. The predicted molar refractivity (Wildman–Crippen MR) is 218 cm³/mol. The number of likely N-dealkylation sites (tertiary alicyclic amines) is 1.